The molecule has 0 saturated carbocycles. The Morgan fingerprint density at radius 2 is 1.68 bits per heavy atom. The molecule has 4 N–H and O–H groups in total. The number of carboxylic acid groups (broad SMARTS) is 1. The molecule has 0 aromatic heterocycles. The number of carboxylic acids is 1. The van der Waals surface area contributed by atoms with Gasteiger partial charge in [-0.25, -0.2) is 4.79 Å². The number of hydrogen-bond acceptors (Lipinski definition) is 3. The number of benzene rings is 1. The van der Waals surface area contributed by atoms with Crippen molar-refractivity contribution in [3.05, 3.63) is 35.4 Å². The van der Waals surface area contributed by atoms with Crippen LogP contribution < -0.4 is 18.1 Å². The van der Waals surface area contributed by atoms with Crippen molar-refractivity contribution in [3.63, 3.8) is 0 Å². The van der Waals surface area contributed by atoms with Gasteiger partial charge in [0.2, 0.25) is 5.78 Å². The maximum Gasteiger partial charge on any atom is 0.362 e. The summed E-state index contributed by atoms with van der Waals surface area (Å²) in [7, 11) is 0. The number of carbonyl (C=O) groups is 3. The number of Topliss-reactive ketones (excluding diaryl/α,β-unsaturated/α-hetero) is 2. The third-order valence-corrected chi connectivity index (χ3v) is 2.37. The summed E-state index contributed by atoms with van der Waals surface area (Å²) in [6.45, 7) is 1.21. The molecule has 1 unspecified atom stereocenters. The van der Waals surface area contributed by atoms with Crippen LogP contribution in [0.3, 0.4) is 0 Å². The van der Waals surface area contributed by atoms with Crippen molar-refractivity contribution >= 4 is 17.5 Å². The number of ketones is 2. The van der Waals surface area contributed by atoms with Crippen LogP contribution in [0.5, 0.6) is 0 Å². The van der Waals surface area contributed by atoms with E-state index in [0.717, 1.165) is 5.56 Å². The first-order valence-corrected chi connectivity index (χ1v) is 5.12. The molecule has 0 aliphatic rings. The summed E-state index contributed by atoms with van der Waals surface area (Å²) >= 11 is 0. The number of aliphatic carboxylic acids is 1. The van der Waals surface area contributed by atoms with E-state index in [0.29, 0.717) is 12.0 Å². The van der Waals surface area contributed by atoms with Crippen LogP contribution >= 0.6 is 0 Å². The summed E-state index contributed by atoms with van der Waals surface area (Å²) in [5.74, 6) is -2.02. The van der Waals surface area contributed by atoms with Gasteiger partial charge >= 0.3 is 5.97 Å². The van der Waals surface area contributed by atoms with E-state index in [1.165, 1.54) is 19.1 Å². The van der Waals surface area contributed by atoms with Crippen molar-refractivity contribution in [1.82, 2.24) is 0 Å². The van der Waals surface area contributed by atoms with E-state index in [9.17, 15) is 14.4 Å². The fourth-order valence-electron chi connectivity index (χ4n) is 1.37. The Labute approximate surface area is 118 Å². The highest BCUT2D eigenvalue weighted by molar-refractivity contribution is 6.42. The molecule has 0 saturated heterocycles. The molecule has 1 atom stereocenters. The Morgan fingerprint density at radius 3 is 2.05 bits per heavy atom. The number of rotatable bonds is 5. The largest absolute Gasteiger partial charge is 1.00 e. The Kier molecular flexibility index (Phi) is 8.67. The second-order valence-corrected chi connectivity index (χ2v) is 3.82. The Morgan fingerprint density at radius 1 is 1.21 bits per heavy atom. The van der Waals surface area contributed by atoms with Crippen LogP contribution in [0.2, 0.25) is 0 Å². The molecule has 0 aliphatic heterocycles. The van der Waals surface area contributed by atoms with Crippen molar-refractivity contribution in [1.29, 1.82) is 0 Å². The van der Waals surface area contributed by atoms with E-state index in [2.05, 4.69) is 5.73 Å². The molecule has 5 nitrogen and oxygen atoms in total. The normalized spacial score (nSPS) is 10.6. The van der Waals surface area contributed by atoms with Crippen LogP contribution in [0.15, 0.2) is 24.3 Å². The topological polar surface area (TPSA) is 99.1 Å². The molecule has 1 aromatic carbocycles. The van der Waals surface area contributed by atoms with Crippen LogP contribution in [0.1, 0.15) is 30.3 Å². The van der Waals surface area contributed by atoms with Gasteiger partial charge in [0.1, 0.15) is 0 Å². The van der Waals surface area contributed by atoms with Crippen LogP contribution in [0.25, 0.3) is 0 Å². The van der Waals surface area contributed by atoms with Crippen LogP contribution in [-0.4, -0.2) is 28.7 Å². The highest BCUT2D eigenvalue weighted by atomic mass is 35.5. The molecule has 0 aliphatic carbocycles. The zero-order chi connectivity index (χ0) is 13.0. The highest BCUT2D eigenvalue weighted by Gasteiger charge is 2.16. The first kappa shape index (κ1) is 19.6. The fraction of sp³-hybridized carbons (Fsp3) is 0.308. The summed E-state index contributed by atoms with van der Waals surface area (Å²) in [5.41, 5.74) is 4.59. The molecular weight excluding hydrogens is 270 g/mol. The van der Waals surface area contributed by atoms with Gasteiger partial charge in [-0.05, 0) is 5.56 Å². The summed E-state index contributed by atoms with van der Waals surface area (Å²) < 4.78 is 0. The molecular formula is C13H18ClNO4. The highest BCUT2D eigenvalue weighted by Crippen LogP contribution is 2.07. The smallest absolute Gasteiger partial charge is 0.362 e. The Bertz CT molecular complexity index is 456. The van der Waals surface area contributed by atoms with Crippen LogP contribution in [0.4, 0.5) is 0 Å². The van der Waals surface area contributed by atoms with Gasteiger partial charge in [-0.15, -0.1) is 0 Å². The lowest BCUT2D eigenvalue weighted by molar-refractivity contribution is -0.407. The number of quaternary nitrogens is 1. The fourth-order valence-corrected chi connectivity index (χ4v) is 1.37. The van der Waals surface area contributed by atoms with Crippen molar-refractivity contribution in [2.45, 2.75) is 26.8 Å². The van der Waals surface area contributed by atoms with Crippen molar-refractivity contribution < 1.29 is 37.6 Å². The monoisotopic (exact) mass is 287 g/mol. The summed E-state index contributed by atoms with van der Waals surface area (Å²) in [6, 6.07) is 5.60. The van der Waals surface area contributed by atoms with E-state index in [4.69, 9.17) is 5.11 Å². The lowest BCUT2D eigenvalue weighted by atomic mass is 10.0. The quantitative estimate of drug-likeness (QED) is 0.456. The SMILES string of the molecule is C.CC(=O)C(=O)c1ccc(CC([NH3+])C(=O)O)cc1.[Cl-]. The average Bonchev–Trinajstić information content (AvgIpc) is 2.28. The second kappa shape index (κ2) is 8.39. The number of hydrogen-bond donors (Lipinski definition) is 2. The molecule has 1 rings (SSSR count). The molecule has 0 bridgehead atoms. The van der Waals surface area contributed by atoms with Crippen molar-refractivity contribution in [2.75, 3.05) is 0 Å². The molecule has 6 heteroatoms. The van der Waals surface area contributed by atoms with E-state index in [-0.39, 0.29) is 19.8 Å². The lowest BCUT2D eigenvalue weighted by Crippen LogP contribution is -3.00. The third-order valence-electron chi connectivity index (χ3n) is 2.37. The second-order valence-electron chi connectivity index (χ2n) is 3.82. The lowest BCUT2D eigenvalue weighted by Gasteiger charge is -2.04. The van der Waals surface area contributed by atoms with E-state index < -0.39 is 23.6 Å². The molecule has 1 aromatic rings. The van der Waals surface area contributed by atoms with Gasteiger partial charge in [0.15, 0.2) is 11.8 Å². The maximum absolute atomic E-state index is 11.3. The summed E-state index contributed by atoms with van der Waals surface area (Å²) in [4.78, 5) is 32.8. The predicted octanol–water partition coefficient (Wildman–Crippen LogP) is -2.66. The van der Waals surface area contributed by atoms with Gasteiger partial charge in [0.25, 0.3) is 0 Å². The predicted molar refractivity (Wildman–Crippen MR) is 66.2 cm³/mol. The van der Waals surface area contributed by atoms with Gasteiger partial charge in [0, 0.05) is 18.9 Å². The summed E-state index contributed by atoms with van der Waals surface area (Å²) in [6.07, 6.45) is 0.296. The molecule has 0 amide bonds. The van der Waals surface area contributed by atoms with E-state index in [1.807, 2.05) is 0 Å². The van der Waals surface area contributed by atoms with Crippen LogP contribution in [0, 0.1) is 0 Å². The minimum absolute atomic E-state index is 0. The maximum atomic E-state index is 11.3. The third kappa shape index (κ3) is 5.63. The van der Waals surface area contributed by atoms with E-state index >= 15 is 0 Å². The molecule has 0 spiro atoms. The average molecular weight is 288 g/mol. The molecule has 19 heavy (non-hydrogen) atoms. The Balaban J connectivity index is 0. The van der Waals surface area contributed by atoms with Gasteiger partial charge in [-0.1, -0.05) is 31.7 Å². The van der Waals surface area contributed by atoms with Crippen LogP contribution in [-0.2, 0) is 16.0 Å². The zero-order valence-corrected chi connectivity index (χ0v) is 10.6. The Hall–Kier alpha value is -1.72. The van der Waals surface area contributed by atoms with Gasteiger partial charge in [-0.3, -0.25) is 9.59 Å². The van der Waals surface area contributed by atoms with Gasteiger partial charge < -0.3 is 23.2 Å². The molecule has 0 fully saturated rings. The number of carbonyl (C=O) groups excluding carboxylic acids is 2. The van der Waals surface area contributed by atoms with Gasteiger partial charge in [-0.2, -0.15) is 0 Å². The van der Waals surface area contributed by atoms with Crippen molar-refractivity contribution in [2.24, 2.45) is 0 Å². The first-order valence-electron chi connectivity index (χ1n) is 5.12. The summed E-state index contributed by atoms with van der Waals surface area (Å²) in [5, 5.41) is 8.70. The molecule has 0 radical (unpaired) electrons. The molecule has 0 heterocycles. The van der Waals surface area contributed by atoms with Gasteiger partial charge in [0.05, 0.1) is 0 Å². The first-order chi connectivity index (χ1) is 7.91. The number of halogens is 1. The minimum Gasteiger partial charge on any atom is -1.00 e. The minimum atomic E-state index is -0.964. The zero-order valence-electron chi connectivity index (χ0n) is 9.85. The standard InChI is InChI=1S/C12H13NO4.CH4.ClH/c1-7(14)11(15)9-4-2-8(3-5-9)6-10(13)12(16)17;;/h2-5,10H,6,13H2,1H3,(H,16,17);1H4;1H. The van der Waals surface area contributed by atoms with Crippen molar-refractivity contribution in [3.8, 4) is 0 Å². The van der Waals surface area contributed by atoms with E-state index in [1.54, 1.807) is 12.1 Å². The molecule has 106 valence electrons.